The fourth-order valence-electron chi connectivity index (χ4n) is 1.69. The van der Waals surface area contributed by atoms with Gasteiger partial charge in [-0.05, 0) is 32.9 Å². The molecule has 7 nitrogen and oxygen atoms in total. The molecule has 0 radical (unpaired) electrons. The molecular formula is C14H19NO6S. The summed E-state index contributed by atoms with van der Waals surface area (Å²) in [4.78, 5) is 23.9. The lowest BCUT2D eigenvalue weighted by Gasteiger charge is -2.27. The highest BCUT2D eigenvalue weighted by Gasteiger charge is 2.28. The van der Waals surface area contributed by atoms with Gasteiger partial charge in [-0.25, -0.2) is 13.2 Å². The van der Waals surface area contributed by atoms with Crippen LogP contribution in [0.5, 0.6) is 0 Å². The molecule has 0 unspecified atom stereocenters. The van der Waals surface area contributed by atoms with Crippen LogP contribution in [0, 0.1) is 0 Å². The number of anilines is 1. The first-order valence-corrected chi connectivity index (χ1v) is 8.32. The van der Waals surface area contributed by atoms with E-state index in [0.717, 1.165) is 11.2 Å². The van der Waals surface area contributed by atoms with Gasteiger partial charge in [0.25, 0.3) is 0 Å². The number of amides is 1. The van der Waals surface area contributed by atoms with Gasteiger partial charge < -0.3 is 9.84 Å². The third kappa shape index (κ3) is 5.03. The Morgan fingerprint density at radius 2 is 1.77 bits per heavy atom. The molecule has 1 N–H and O–H groups in total. The standard InChI is InChI=1S/C14H19NO6S/c1-14(2,3)21-13(18)15(9-12(16)17)10-7-5-6-8-11(10)22(4,19)20/h5-8H,9H2,1-4H3,(H,16,17). The van der Waals surface area contributed by atoms with Crippen molar-refractivity contribution in [2.75, 3.05) is 17.7 Å². The number of nitrogens with zero attached hydrogens (tertiary/aromatic N) is 1. The van der Waals surface area contributed by atoms with Crippen molar-refractivity contribution < 1.29 is 27.9 Å². The van der Waals surface area contributed by atoms with Crippen molar-refractivity contribution in [1.82, 2.24) is 0 Å². The minimum atomic E-state index is -3.63. The summed E-state index contributed by atoms with van der Waals surface area (Å²) in [7, 11) is -3.63. The molecule has 1 rings (SSSR count). The second-order valence-corrected chi connectivity index (χ2v) is 7.68. The molecule has 0 aliphatic heterocycles. The molecule has 1 aromatic rings. The van der Waals surface area contributed by atoms with E-state index in [2.05, 4.69) is 0 Å². The summed E-state index contributed by atoms with van der Waals surface area (Å²) < 4.78 is 28.8. The molecule has 0 aliphatic carbocycles. The van der Waals surface area contributed by atoms with Crippen LogP contribution in [-0.4, -0.2) is 44.0 Å². The maximum Gasteiger partial charge on any atom is 0.415 e. The van der Waals surface area contributed by atoms with Gasteiger partial charge in [0.1, 0.15) is 12.1 Å². The highest BCUT2D eigenvalue weighted by molar-refractivity contribution is 7.90. The molecule has 0 fully saturated rings. The number of carboxylic acids is 1. The molecule has 0 heterocycles. The van der Waals surface area contributed by atoms with Crippen molar-refractivity contribution in [3.63, 3.8) is 0 Å². The fourth-order valence-corrected chi connectivity index (χ4v) is 2.58. The molecule has 1 amide bonds. The van der Waals surface area contributed by atoms with Crippen LogP contribution in [0.3, 0.4) is 0 Å². The Labute approximate surface area is 129 Å². The Kier molecular flexibility index (Phi) is 5.18. The number of carboxylic acid groups (broad SMARTS) is 1. The Morgan fingerprint density at radius 1 is 1.23 bits per heavy atom. The minimum absolute atomic E-state index is 0.0262. The molecule has 122 valence electrons. The lowest BCUT2D eigenvalue weighted by molar-refractivity contribution is -0.135. The predicted octanol–water partition coefficient (Wildman–Crippen LogP) is 1.92. The normalized spacial score (nSPS) is 11.8. The van der Waals surface area contributed by atoms with Gasteiger partial charge in [0.2, 0.25) is 0 Å². The van der Waals surface area contributed by atoms with E-state index >= 15 is 0 Å². The zero-order chi connectivity index (χ0) is 17.1. The van der Waals surface area contributed by atoms with Crippen molar-refractivity contribution in [2.45, 2.75) is 31.3 Å². The summed E-state index contributed by atoms with van der Waals surface area (Å²) in [5.74, 6) is -1.28. The first-order chi connectivity index (χ1) is 9.92. The fraction of sp³-hybridized carbons (Fsp3) is 0.429. The van der Waals surface area contributed by atoms with Crippen molar-refractivity contribution >= 4 is 27.6 Å². The SMILES string of the molecule is CC(C)(C)OC(=O)N(CC(=O)O)c1ccccc1S(C)(=O)=O. The zero-order valence-corrected chi connectivity index (χ0v) is 13.7. The highest BCUT2D eigenvalue weighted by atomic mass is 32.2. The Bertz CT molecular complexity index is 675. The summed E-state index contributed by atoms with van der Waals surface area (Å²) in [5.41, 5.74) is -0.866. The third-order valence-corrected chi connectivity index (χ3v) is 3.61. The van der Waals surface area contributed by atoms with E-state index in [-0.39, 0.29) is 10.6 Å². The molecule has 0 saturated heterocycles. The topological polar surface area (TPSA) is 101 Å². The maximum atomic E-state index is 12.2. The summed E-state index contributed by atoms with van der Waals surface area (Å²) >= 11 is 0. The van der Waals surface area contributed by atoms with Gasteiger partial charge in [0.05, 0.1) is 10.6 Å². The van der Waals surface area contributed by atoms with Gasteiger partial charge in [0, 0.05) is 6.26 Å². The minimum Gasteiger partial charge on any atom is -0.480 e. The van der Waals surface area contributed by atoms with Crippen molar-refractivity contribution in [3.05, 3.63) is 24.3 Å². The number of benzene rings is 1. The van der Waals surface area contributed by atoms with E-state index in [9.17, 15) is 18.0 Å². The first-order valence-electron chi connectivity index (χ1n) is 6.43. The van der Waals surface area contributed by atoms with Crippen LogP contribution < -0.4 is 4.90 Å². The van der Waals surface area contributed by atoms with Gasteiger partial charge in [-0.1, -0.05) is 12.1 Å². The maximum absolute atomic E-state index is 12.2. The summed E-state index contributed by atoms with van der Waals surface area (Å²) in [6.07, 6.45) is 0.0610. The van der Waals surface area contributed by atoms with Crippen molar-refractivity contribution in [2.24, 2.45) is 0 Å². The van der Waals surface area contributed by atoms with Gasteiger partial charge in [-0.3, -0.25) is 9.69 Å². The number of sulfone groups is 1. The molecule has 8 heteroatoms. The molecule has 0 bridgehead atoms. The summed E-state index contributed by atoms with van der Waals surface area (Å²) in [5, 5.41) is 8.99. The van der Waals surface area contributed by atoms with Crippen LogP contribution in [0.1, 0.15) is 20.8 Å². The van der Waals surface area contributed by atoms with E-state index in [1.165, 1.54) is 24.3 Å². The lowest BCUT2D eigenvalue weighted by Crippen LogP contribution is -2.40. The number of carbonyl (C=O) groups is 2. The number of rotatable bonds is 4. The monoisotopic (exact) mass is 329 g/mol. The molecule has 0 atom stereocenters. The predicted molar refractivity (Wildman–Crippen MR) is 80.8 cm³/mol. The van der Waals surface area contributed by atoms with Crippen LogP contribution in [0.4, 0.5) is 10.5 Å². The second-order valence-electron chi connectivity index (χ2n) is 5.70. The zero-order valence-electron chi connectivity index (χ0n) is 12.9. The molecule has 0 saturated carbocycles. The number of hydrogen-bond acceptors (Lipinski definition) is 5. The van der Waals surface area contributed by atoms with E-state index in [4.69, 9.17) is 9.84 Å². The summed E-state index contributed by atoms with van der Waals surface area (Å²) in [6, 6.07) is 5.68. The van der Waals surface area contributed by atoms with Crippen molar-refractivity contribution in [3.8, 4) is 0 Å². The summed E-state index contributed by atoms with van der Waals surface area (Å²) in [6.45, 7) is 4.19. The van der Waals surface area contributed by atoms with E-state index in [1.54, 1.807) is 20.8 Å². The largest absolute Gasteiger partial charge is 0.480 e. The molecule has 1 aromatic carbocycles. The smallest absolute Gasteiger partial charge is 0.415 e. The second kappa shape index (κ2) is 6.35. The highest BCUT2D eigenvalue weighted by Crippen LogP contribution is 2.26. The number of carbonyl (C=O) groups excluding carboxylic acids is 1. The molecule has 22 heavy (non-hydrogen) atoms. The van der Waals surface area contributed by atoms with Crippen LogP contribution in [0.15, 0.2) is 29.2 Å². The van der Waals surface area contributed by atoms with Gasteiger partial charge in [-0.2, -0.15) is 0 Å². The van der Waals surface area contributed by atoms with Gasteiger partial charge in [0.15, 0.2) is 9.84 Å². The van der Waals surface area contributed by atoms with Crippen LogP contribution >= 0.6 is 0 Å². The molecule has 0 aliphatic rings. The Morgan fingerprint density at radius 3 is 2.23 bits per heavy atom. The van der Waals surface area contributed by atoms with E-state index < -0.39 is 34.0 Å². The third-order valence-electron chi connectivity index (χ3n) is 2.46. The molecule has 0 spiro atoms. The van der Waals surface area contributed by atoms with Crippen LogP contribution in [0.25, 0.3) is 0 Å². The van der Waals surface area contributed by atoms with Crippen LogP contribution in [0.2, 0.25) is 0 Å². The van der Waals surface area contributed by atoms with Crippen LogP contribution in [-0.2, 0) is 19.4 Å². The molecule has 0 aromatic heterocycles. The number of ether oxygens (including phenoxy) is 1. The quantitative estimate of drug-likeness (QED) is 0.905. The lowest BCUT2D eigenvalue weighted by atomic mass is 10.2. The average Bonchev–Trinajstić information content (AvgIpc) is 2.32. The first kappa shape index (κ1) is 18.0. The Hall–Kier alpha value is -2.09. The molecular weight excluding hydrogens is 310 g/mol. The number of hydrogen-bond donors (Lipinski definition) is 1. The average molecular weight is 329 g/mol. The van der Waals surface area contributed by atoms with Gasteiger partial charge >= 0.3 is 12.1 Å². The Balaban J connectivity index is 3.36. The van der Waals surface area contributed by atoms with Gasteiger partial charge in [-0.15, -0.1) is 0 Å². The number of para-hydroxylation sites is 1. The number of aliphatic carboxylic acids is 1. The van der Waals surface area contributed by atoms with E-state index in [0.29, 0.717) is 0 Å². The van der Waals surface area contributed by atoms with Crippen molar-refractivity contribution in [1.29, 1.82) is 0 Å². The van der Waals surface area contributed by atoms with E-state index in [1.807, 2.05) is 0 Å².